The number of aromatic nitrogens is 1. The van der Waals surface area contributed by atoms with Gasteiger partial charge in [0.1, 0.15) is 0 Å². The minimum Gasteiger partial charge on any atom is -0.320 e. The highest BCUT2D eigenvalue weighted by molar-refractivity contribution is 7.12. The highest BCUT2D eigenvalue weighted by atomic mass is 32.1. The summed E-state index contributed by atoms with van der Waals surface area (Å²) >= 11 is 1.78. The third-order valence-corrected chi connectivity index (χ3v) is 4.94. The normalized spacial score (nSPS) is 12.8. The summed E-state index contributed by atoms with van der Waals surface area (Å²) in [5, 5.41) is 1.15. The van der Waals surface area contributed by atoms with E-state index in [2.05, 4.69) is 49.2 Å². The molecule has 3 heteroatoms. The number of hydrogen-bond acceptors (Lipinski definition) is 3. The summed E-state index contributed by atoms with van der Waals surface area (Å²) in [6.45, 7) is 6.29. The van der Waals surface area contributed by atoms with Gasteiger partial charge in [-0.15, -0.1) is 11.3 Å². The van der Waals surface area contributed by atoms with Crippen LogP contribution >= 0.6 is 11.3 Å². The maximum absolute atomic E-state index is 6.41. The molecule has 1 atom stereocenters. The standard InChI is InChI=1S/C17H18N2S/c1-10-8-16(20-12(10)3)17(18)14-6-7-15-13(9-14)5-4-11(2)19-15/h4-9,17H,18H2,1-3H3. The summed E-state index contributed by atoms with van der Waals surface area (Å²) in [5.41, 5.74) is 10.9. The predicted octanol–water partition coefficient (Wildman–Crippen LogP) is 4.27. The second kappa shape index (κ2) is 5.00. The summed E-state index contributed by atoms with van der Waals surface area (Å²) in [7, 11) is 0. The maximum atomic E-state index is 6.41. The highest BCUT2D eigenvalue weighted by Gasteiger charge is 2.13. The predicted molar refractivity (Wildman–Crippen MR) is 86.3 cm³/mol. The quantitative estimate of drug-likeness (QED) is 0.762. The Kier molecular flexibility index (Phi) is 3.32. The lowest BCUT2D eigenvalue weighted by atomic mass is 10.0. The number of fused-ring (bicyclic) bond motifs is 1. The first-order valence-corrected chi connectivity index (χ1v) is 7.56. The van der Waals surface area contributed by atoms with Crippen molar-refractivity contribution in [2.24, 2.45) is 5.73 Å². The number of nitrogens with two attached hydrogens (primary N) is 1. The summed E-state index contributed by atoms with van der Waals surface area (Å²) in [4.78, 5) is 7.09. The molecule has 0 aliphatic rings. The van der Waals surface area contributed by atoms with Crippen LogP contribution in [0.4, 0.5) is 0 Å². The van der Waals surface area contributed by atoms with Gasteiger partial charge in [0.05, 0.1) is 11.6 Å². The van der Waals surface area contributed by atoms with E-state index in [1.807, 2.05) is 13.0 Å². The minimum absolute atomic E-state index is 0.0573. The lowest BCUT2D eigenvalue weighted by Gasteiger charge is -2.11. The summed E-state index contributed by atoms with van der Waals surface area (Å²) in [6.07, 6.45) is 0. The summed E-state index contributed by atoms with van der Waals surface area (Å²) < 4.78 is 0. The number of rotatable bonds is 2. The van der Waals surface area contributed by atoms with Gasteiger partial charge in [0.25, 0.3) is 0 Å². The molecule has 0 saturated heterocycles. The Balaban J connectivity index is 2.03. The van der Waals surface area contributed by atoms with Crippen molar-refractivity contribution in [3.8, 4) is 0 Å². The van der Waals surface area contributed by atoms with Crippen molar-refractivity contribution in [1.82, 2.24) is 4.98 Å². The molecule has 20 heavy (non-hydrogen) atoms. The van der Waals surface area contributed by atoms with Gasteiger partial charge < -0.3 is 5.73 Å². The van der Waals surface area contributed by atoms with Crippen LogP contribution in [0.1, 0.15) is 32.6 Å². The van der Waals surface area contributed by atoms with E-state index in [4.69, 9.17) is 5.73 Å². The molecule has 1 aromatic carbocycles. The van der Waals surface area contributed by atoms with Crippen molar-refractivity contribution in [2.45, 2.75) is 26.8 Å². The van der Waals surface area contributed by atoms with E-state index < -0.39 is 0 Å². The largest absolute Gasteiger partial charge is 0.320 e. The monoisotopic (exact) mass is 282 g/mol. The number of hydrogen-bond donors (Lipinski definition) is 1. The van der Waals surface area contributed by atoms with Crippen LogP contribution in [-0.2, 0) is 0 Å². The first-order valence-electron chi connectivity index (χ1n) is 6.74. The van der Waals surface area contributed by atoms with E-state index >= 15 is 0 Å². The van der Waals surface area contributed by atoms with Crippen molar-refractivity contribution in [3.63, 3.8) is 0 Å². The molecular weight excluding hydrogens is 264 g/mol. The van der Waals surface area contributed by atoms with E-state index in [0.717, 1.165) is 22.2 Å². The van der Waals surface area contributed by atoms with Gasteiger partial charge in [0.15, 0.2) is 0 Å². The van der Waals surface area contributed by atoms with Gasteiger partial charge in [0, 0.05) is 20.8 Å². The SMILES string of the molecule is Cc1ccc2cc(C(N)c3cc(C)c(C)s3)ccc2n1. The van der Waals surface area contributed by atoms with Crippen molar-refractivity contribution < 1.29 is 0 Å². The van der Waals surface area contributed by atoms with Gasteiger partial charge in [-0.3, -0.25) is 4.98 Å². The van der Waals surface area contributed by atoms with Crippen LogP contribution in [0.15, 0.2) is 36.4 Å². The molecule has 0 saturated carbocycles. The van der Waals surface area contributed by atoms with Crippen molar-refractivity contribution >= 4 is 22.2 Å². The molecule has 0 radical (unpaired) electrons. The molecule has 3 rings (SSSR count). The van der Waals surface area contributed by atoms with Gasteiger partial charge in [-0.2, -0.15) is 0 Å². The Morgan fingerprint density at radius 2 is 1.85 bits per heavy atom. The zero-order chi connectivity index (χ0) is 14.3. The molecule has 0 aliphatic heterocycles. The summed E-state index contributed by atoms with van der Waals surface area (Å²) in [5.74, 6) is 0. The first-order chi connectivity index (χ1) is 9.54. The van der Waals surface area contributed by atoms with Gasteiger partial charge in [-0.05, 0) is 56.2 Å². The van der Waals surface area contributed by atoms with E-state index in [9.17, 15) is 0 Å². The molecule has 1 unspecified atom stereocenters. The minimum atomic E-state index is -0.0573. The average molecular weight is 282 g/mol. The second-order valence-corrected chi connectivity index (χ2v) is 6.56. The molecule has 0 aliphatic carbocycles. The lowest BCUT2D eigenvalue weighted by Crippen LogP contribution is -2.10. The van der Waals surface area contributed by atoms with Crippen LogP contribution in [0.25, 0.3) is 10.9 Å². The molecule has 2 nitrogen and oxygen atoms in total. The van der Waals surface area contributed by atoms with Gasteiger partial charge in [-0.25, -0.2) is 0 Å². The zero-order valence-corrected chi connectivity index (χ0v) is 12.8. The molecule has 102 valence electrons. The number of thiophene rings is 1. The second-order valence-electron chi connectivity index (χ2n) is 5.27. The van der Waals surface area contributed by atoms with Crippen molar-refractivity contribution in [1.29, 1.82) is 0 Å². The Labute approximate surface area is 123 Å². The molecular formula is C17H18N2S. The van der Waals surface area contributed by atoms with Crippen LogP contribution in [0.5, 0.6) is 0 Å². The van der Waals surface area contributed by atoms with Crippen molar-refractivity contribution in [3.05, 3.63) is 63.0 Å². The fraction of sp³-hybridized carbons (Fsp3) is 0.235. The molecule has 3 aromatic rings. The van der Waals surface area contributed by atoms with Crippen LogP contribution in [0.2, 0.25) is 0 Å². The lowest BCUT2D eigenvalue weighted by molar-refractivity contribution is 0.894. The molecule has 0 fully saturated rings. The molecule has 0 bridgehead atoms. The molecule has 2 aromatic heterocycles. The Morgan fingerprint density at radius 3 is 2.55 bits per heavy atom. The number of nitrogens with zero attached hydrogens (tertiary/aromatic N) is 1. The van der Waals surface area contributed by atoms with Crippen LogP contribution in [0.3, 0.4) is 0 Å². The Bertz CT molecular complexity index is 754. The Hall–Kier alpha value is -1.71. The van der Waals surface area contributed by atoms with E-state index in [1.54, 1.807) is 11.3 Å². The van der Waals surface area contributed by atoms with Crippen molar-refractivity contribution in [2.75, 3.05) is 0 Å². The fourth-order valence-corrected chi connectivity index (χ4v) is 3.43. The van der Waals surface area contributed by atoms with E-state index in [-0.39, 0.29) is 6.04 Å². The van der Waals surface area contributed by atoms with E-state index in [0.29, 0.717) is 0 Å². The molecule has 2 heterocycles. The van der Waals surface area contributed by atoms with Crippen LogP contribution in [-0.4, -0.2) is 4.98 Å². The molecule has 0 amide bonds. The van der Waals surface area contributed by atoms with E-state index in [1.165, 1.54) is 15.3 Å². The van der Waals surface area contributed by atoms with Gasteiger partial charge in [-0.1, -0.05) is 12.1 Å². The van der Waals surface area contributed by atoms with Crippen LogP contribution < -0.4 is 5.73 Å². The fourth-order valence-electron chi connectivity index (χ4n) is 2.36. The number of benzene rings is 1. The molecule has 0 spiro atoms. The first kappa shape index (κ1) is 13.3. The third kappa shape index (κ3) is 2.35. The van der Waals surface area contributed by atoms with Crippen LogP contribution in [0, 0.1) is 20.8 Å². The highest BCUT2D eigenvalue weighted by Crippen LogP contribution is 2.30. The number of pyridine rings is 1. The number of aryl methyl sites for hydroxylation is 3. The van der Waals surface area contributed by atoms with Gasteiger partial charge >= 0.3 is 0 Å². The molecule has 2 N–H and O–H groups in total. The Morgan fingerprint density at radius 1 is 1.05 bits per heavy atom. The smallest absolute Gasteiger partial charge is 0.0705 e. The zero-order valence-electron chi connectivity index (χ0n) is 12.0. The average Bonchev–Trinajstić information content (AvgIpc) is 2.77. The topological polar surface area (TPSA) is 38.9 Å². The third-order valence-electron chi connectivity index (χ3n) is 3.70. The summed E-state index contributed by atoms with van der Waals surface area (Å²) in [6, 6.07) is 12.6. The maximum Gasteiger partial charge on any atom is 0.0705 e. The van der Waals surface area contributed by atoms with Gasteiger partial charge in [0.2, 0.25) is 0 Å².